The van der Waals surface area contributed by atoms with Crippen molar-refractivity contribution in [1.82, 2.24) is 29.0 Å². The van der Waals surface area contributed by atoms with Gasteiger partial charge in [0.1, 0.15) is 16.9 Å². The molecule has 3 aliphatic rings. The SMILES string of the molecule is COc1cc(C(=O)N2C[C@H]3CC[C@@H]2[C@@H]3N)cc2nc(-c3cc4ccc(-c5cc[nH]c5)nc4n3CC3CC3)n(C)c12. The quantitative estimate of drug-likeness (QED) is 0.331. The highest BCUT2D eigenvalue weighted by Gasteiger charge is 2.47. The standard InChI is InChI=1S/C31H33N7O2/c1-36-28-23(11-21(13-26(28)40-2)31(39)38-16-20-6-8-24(38)27(20)32)35-30(36)25-12-18-5-7-22(19-9-10-33-14-19)34-29(18)37(25)15-17-3-4-17/h5,7,9-14,17,20,24,27,33H,3-4,6,8,15-16,32H2,1-2H3/t20-,24-,27-/m1/s1. The zero-order valence-electron chi connectivity index (χ0n) is 22.8. The highest BCUT2D eigenvalue weighted by molar-refractivity contribution is 6.00. The molecule has 1 aliphatic heterocycles. The number of benzene rings is 1. The van der Waals surface area contributed by atoms with Gasteiger partial charge >= 0.3 is 0 Å². The molecule has 4 aromatic heterocycles. The third-order valence-electron chi connectivity index (χ3n) is 9.32. The highest BCUT2D eigenvalue weighted by atomic mass is 16.5. The number of fused-ring (bicyclic) bond motifs is 4. The van der Waals surface area contributed by atoms with Crippen LogP contribution in [0.3, 0.4) is 0 Å². The second-order valence-electron chi connectivity index (χ2n) is 11.8. The Balaban J connectivity index is 1.25. The summed E-state index contributed by atoms with van der Waals surface area (Å²) in [6.07, 6.45) is 8.46. The maximum atomic E-state index is 13.7. The number of nitrogens with one attached hydrogen (secondary N) is 1. The molecule has 5 heterocycles. The van der Waals surface area contributed by atoms with Crippen LogP contribution in [0, 0.1) is 11.8 Å². The van der Waals surface area contributed by atoms with Crippen molar-refractivity contribution in [3.8, 4) is 28.5 Å². The number of piperidine rings is 1. The maximum Gasteiger partial charge on any atom is 0.254 e. The lowest BCUT2D eigenvalue weighted by Gasteiger charge is -2.27. The summed E-state index contributed by atoms with van der Waals surface area (Å²) in [5.41, 5.74) is 12.6. The number of hydrogen-bond acceptors (Lipinski definition) is 5. The van der Waals surface area contributed by atoms with Gasteiger partial charge in [-0.25, -0.2) is 9.97 Å². The molecule has 1 aromatic carbocycles. The predicted molar refractivity (Wildman–Crippen MR) is 154 cm³/mol. The first-order chi connectivity index (χ1) is 19.5. The van der Waals surface area contributed by atoms with E-state index in [9.17, 15) is 4.79 Å². The molecule has 204 valence electrons. The van der Waals surface area contributed by atoms with Gasteiger partial charge in [-0.15, -0.1) is 0 Å². The van der Waals surface area contributed by atoms with Gasteiger partial charge in [-0.05, 0) is 73.9 Å². The number of carbonyl (C=O) groups excluding carboxylic acids is 1. The summed E-state index contributed by atoms with van der Waals surface area (Å²) < 4.78 is 10.2. The lowest BCUT2D eigenvalue weighted by molar-refractivity contribution is 0.0700. The normalized spacial score (nSPS) is 22.2. The number of nitrogens with zero attached hydrogens (tertiary/aromatic N) is 5. The molecular weight excluding hydrogens is 502 g/mol. The Morgan fingerprint density at radius 1 is 1.12 bits per heavy atom. The molecule has 9 heteroatoms. The number of H-pyrrole nitrogens is 1. The van der Waals surface area contributed by atoms with Crippen LogP contribution in [0.25, 0.3) is 44.8 Å². The van der Waals surface area contributed by atoms with E-state index in [-0.39, 0.29) is 18.0 Å². The van der Waals surface area contributed by atoms with Crippen LogP contribution in [-0.2, 0) is 13.6 Å². The number of carbonyl (C=O) groups is 1. The first kappa shape index (κ1) is 23.7. The highest BCUT2D eigenvalue weighted by Crippen LogP contribution is 2.40. The van der Waals surface area contributed by atoms with Crippen LogP contribution in [0.15, 0.2) is 48.8 Å². The van der Waals surface area contributed by atoms with Crippen LogP contribution in [0.5, 0.6) is 5.75 Å². The van der Waals surface area contributed by atoms with E-state index in [1.54, 1.807) is 7.11 Å². The van der Waals surface area contributed by atoms with Crippen LogP contribution in [0.1, 0.15) is 36.0 Å². The van der Waals surface area contributed by atoms with E-state index < -0.39 is 0 Å². The Kier molecular flexibility index (Phi) is 5.16. The number of pyridine rings is 1. The average molecular weight is 536 g/mol. The van der Waals surface area contributed by atoms with Gasteiger partial charge in [0.2, 0.25) is 0 Å². The molecule has 1 saturated heterocycles. The predicted octanol–water partition coefficient (Wildman–Crippen LogP) is 4.57. The fourth-order valence-corrected chi connectivity index (χ4v) is 6.97. The molecule has 2 saturated carbocycles. The van der Waals surface area contributed by atoms with E-state index in [1.807, 2.05) is 42.5 Å². The fraction of sp³-hybridized carbons (Fsp3) is 0.387. The summed E-state index contributed by atoms with van der Waals surface area (Å²) in [7, 11) is 3.67. The molecule has 3 N–H and O–H groups in total. The number of aryl methyl sites for hydroxylation is 1. The van der Waals surface area contributed by atoms with Gasteiger partial charge in [-0.1, -0.05) is 0 Å². The molecule has 0 spiro atoms. The van der Waals surface area contributed by atoms with Crippen molar-refractivity contribution in [2.24, 2.45) is 24.6 Å². The summed E-state index contributed by atoms with van der Waals surface area (Å²) in [5.74, 6) is 2.55. The second kappa shape index (κ2) is 8.69. The Morgan fingerprint density at radius 3 is 2.70 bits per heavy atom. The van der Waals surface area contributed by atoms with Crippen molar-refractivity contribution in [3.05, 3.63) is 54.4 Å². The molecule has 3 atom stereocenters. The van der Waals surface area contributed by atoms with E-state index in [4.69, 9.17) is 20.4 Å². The number of amides is 1. The zero-order valence-corrected chi connectivity index (χ0v) is 22.8. The summed E-state index contributed by atoms with van der Waals surface area (Å²) in [6, 6.07) is 12.4. The van der Waals surface area contributed by atoms with E-state index in [1.165, 1.54) is 12.8 Å². The molecule has 5 aromatic rings. The minimum Gasteiger partial charge on any atom is -0.494 e. The molecular formula is C31H33N7O2. The van der Waals surface area contributed by atoms with Gasteiger partial charge in [0, 0.05) is 61.1 Å². The van der Waals surface area contributed by atoms with Crippen molar-refractivity contribution in [1.29, 1.82) is 0 Å². The van der Waals surface area contributed by atoms with E-state index in [2.05, 4.69) is 32.3 Å². The number of aromatic amines is 1. The average Bonchev–Trinajstić information content (AvgIpc) is 3.34. The number of aromatic nitrogens is 5. The Labute approximate surface area is 231 Å². The number of likely N-dealkylation sites (tertiary alicyclic amines) is 1. The molecule has 3 fully saturated rings. The van der Waals surface area contributed by atoms with Crippen LogP contribution in [0.2, 0.25) is 0 Å². The molecule has 0 unspecified atom stereocenters. The van der Waals surface area contributed by atoms with Crippen molar-refractivity contribution < 1.29 is 9.53 Å². The van der Waals surface area contributed by atoms with Gasteiger partial charge in [-0.3, -0.25) is 4.79 Å². The summed E-state index contributed by atoms with van der Waals surface area (Å²) >= 11 is 0. The number of nitrogens with two attached hydrogens (primary N) is 1. The minimum atomic E-state index is 0.0133. The second-order valence-corrected chi connectivity index (χ2v) is 11.8. The van der Waals surface area contributed by atoms with E-state index in [0.717, 1.165) is 70.8 Å². The summed E-state index contributed by atoms with van der Waals surface area (Å²) in [5, 5.41) is 1.09. The first-order valence-corrected chi connectivity index (χ1v) is 14.2. The molecule has 2 aliphatic carbocycles. The van der Waals surface area contributed by atoms with Crippen LogP contribution >= 0.6 is 0 Å². The Hall–Kier alpha value is -4.11. The fourth-order valence-electron chi connectivity index (χ4n) is 6.97. The number of hydrogen-bond donors (Lipinski definition) is 2. The van der Waals surface area contributed by atoms with Gasteiger partial charge in [-0.2, -0.15) is 0 Å². The molecule has 8 rings (SSSR count). The van der Waals surface area contributed by atoms with Gasteiger partial charge in [0.15, 0.2) is 5.82 Å². The van der Waals surface area contributed by atoms with Crippen molar-refractivity contribution in [2.45, 2.75) is 44.3 Å². The summed E-state index contributed by atoms with van der Waals surface area (Å²) in [6.45, 7) is 1.64. The van der Waals surface area contributed by atoms with E-state index in [0.29, 0.717) is 23.1 Å². The lowest BCUT2D eigenvalue weighted by Crippen LogP contribution is -2.41. The van der Waals surface area contributed by atoms with Crippen LogP contribution < -0.4 is 10.5 Å². The Bertz CT molecular complexity index is 1780. The molecule has 2 bridgehead atoms. The first-order valence-electron chi connectivity index (χ1n) is 14.2. The van der Waals surface area contributed by atoms with Gasteiger partial charge in [0.05, 0.1) is 24.0 Å². The van der Waals surface area contributed by atoms with Gasteiger partial charge < -0.3 is 29.5 Å². The maximum absolute atomic E-state index is 13.7. The lowest BCUT2D eigenvalue weighted by atomic mass is 10.1. The van der Waals surface area contributed by atoms with Crippen molar-refractivity contribution in [3.63, 3.8) is 0 Å². The minimum absolute atomic E-state index is 0.0133. The molecule has 9 nitrogen and oxygen atoms in total. The zero-order chi connectivity index (χ0) is 27.1. The largest absolute Gasteiger partial charge is 0.494 e. The summed E-state index contributed by atoms with van der Waals surface area (Å²) in [4.78, 5) is 28.9. The third kappa shape index (κ3) is 3.53. The van der Waals surface area contributed by atoms with Crippen LogP contribution in [-0.4, -0.2) is 60.6 Å². The third-order valence-corrected chi connectivity index (χ3v) is 9.32. The Morgan fingerprint density at radius 2 is 2.00 bits per heavy atom. The van der Waals surface area contributed by atoms with Crippen molar-refractivity contribution >= 4 is 28.0 Å². The van der Waals surface area contributed by atoms with Crippen molar-refractivity contribution in [2.75, 3.05) is 13.7 Å². The van der Waals surface area contributed by atoms with Crippen LogP contribution in [0.4, 0.5) is 0 Å². The monoisotopic (exact) mass is 535 g/mol. The number of ether oxygens (including phenoxy) is 1. The topological polar surface area (TPSA) is 107 Å². The number of imidazole rings is 1. The molecule has 0 radical (unpaired) electrons. The smallest absolute Gasteiger partial charge is 0.254 e. The number of rotatable bonds is 6. The number of methoxy groups -OCH3 is 1. The molecule has 1 amide bonds. The molecule has 40 heavy (non-hydrogen) atoms. The van der Waals surface area contributed by atoms with Gasteiger partial charge in [0.25, 0.3) is 5.91 Å². The van der Waals surface area contributed by atoms with E-state index >= 15 is 0 Å².